The Hall–Kier alpha value is -2.05. The standard InChI is InChI=1S/C12H13F3N2O2/c1-7(2)5-6-16-10-8(11(18)19)3-4-9(17-10)12(13,14)15/h3-5H,6H2,1-2H3,(H,16,17)(H,18,19). The average Bonchev–Trinajstić information content (AvgIpc) is 2.26. The Morgan fingerprint density at radius 3 is 2.53 bits per heavy atom. The van der Waals surface area contributed by atoms with Crippen LogP contribution in [0.25, 0.3) is 0 Å². The zero-order valence-corrected chi connectivity index (χ0v) is 10.4. The van der Waals surface area contributed by atoms with Crippen molar-refractivity contribution in [1.29, 1.82) is 0 Å². The summed E-state index contributed by atoms with van der Waals surface area (Å²) in [5.74, 6) is -1.62. The van der Waals surface area contributed by atoms with Gasteiger partial charge in [-0.05, 0) is 26.0 Å². The number of nitrogens with zero attached hydrogens (tertiary/aromatic N) is 1. The molecule has 0 aliphatic rings. The number of hydrogen-bond acceptors (Lipinski definition) is 3. The van der Waals surface area contributed by atoms with E-state index in [-0.39, 0.29) is 17.9 Å². The average molecular weight is 274 g/mol. The smallest absolute Gasteiger partial charge is 0.433 e. The monoisotopic (exact) mass is 274 g/mol. The van der Waals surface area contributed by atoms with E-state index in [4.69, 9.17) is 5.11 Å². The molecule has 0 aliphatic carbocycles. The number of hydrogen-bond donors (Lipinski definition) is 2. The highest BCUT2D eigenvalue weighted by molar-refractivity contribution is 5.93. The summed E-state index contributed by atoms with van der Waals surface area (Å²) in [6.07, 6.45) is -2.89. The fourth-order valence-electron chi connectivity index (χ4n) is 1.28. The molecule has 0 saturated heterocycles. The zero-order chi connectivity index (χ0) is 14.6. The predicted octanol–water partition coefficient (Wildman–Crippen LogP) is 3.18. The Morgan fingerprint density at radius 1 is 1.42 bits per heavy atom. The van der Waals surface area contributed by atoms with Crippen LogP contribution in [-0.4, -0.2) is 22.6 Å². The lowest BCUT2D eigenvalue weighted by molar-refractivity contribution is -0.141. The van der Waals surface area contributed by atoms with Crippen molar-refractivity contribution in [3.05, 3.63) is 35.0 Å². The van der Waals surface area contributed by atoms with Gasteiger partial charge in [0, 0.05) is 6.54 Å². The minimum atomic E-state index is -4.61. The maximum atomic E-state index is 12.5. The molecule has 0 unspecified atom stereocenters. The fourth-order valence-corrected chi connectivity index (χ4v) is 1.28. The number of carbonyl (C=O) groups is 1. The van der Waals surface area contributed by atoms with Crippen LogP contribution in [0.3, 0.4) is 0 Å². The molecule has 0 aromatic carbocycles. The second kappa shape index (κ2) is 5.73. The van der Waals surface area contributed by atoms with Crippen LogP contribution in [-0.2, 0) is 6.18 Å². The van der Waals surface area contributed by atoms with Gasteiger partial charge in [0.1, 0.15) is 17.1 Å². The van der Waals surface area contributed by atoms with Crippen molar-refractivity contribution in [3.8, 4) is 0 Å². The van der Waals surface area contributed by atoms with Crippen molar-refractivity contribution in [3.63, 3.8) is 0 Å². The molecular weight excluding hydrogens is 261 g/mol. The normalized spacial score (nSPS) is 11.0. The van der Waals surface area contributed by atoms with Crippen LogP contribution in [0.2, 0.25) is 0 Å². The SMILES string of the molecule is CC(C)=CCNc1nc(C(F)(F)F)ccc1C(=O)O. The number of nitrogens with one attached hydrogen (secondary N) is 1. The lowest BCUT2D eigenvalue weighted by Gasteiger charge is -2.11. The first-order valence-corrected chi connectivity index (χ1v) is 5.40. The van der Waals surface area contributed by atoms with E-state index < -0.39 is 17.8 Å². The van der Waals surface area contributed by atoms with Crippen molar-refractivity contribution in [2.45, 2.75) is 20.0 Å². The van der Waals surface area contributed by atoms with Gasteiger partial charge in [-0.3, -0.25) is 0 Å². The van der Waals surface area contributed by atoms with Gasteiger partial charge in [-0.1, -0.05) is 11.6 Å². The van der Waals surface area contributed by atoms with Gasteiger partial charge in [0.05, 0.1) is 0 Å². The van der Waals surface area contributed by atoms with Gasteiger partial charge in [-0.25, -0.2) is 9.78 Å². The molecule has 0 spiro atoms. The van der Waals surface area contributed by atoms with E-state index in [9.17, 15) is 18.0 Å². The molecule has 1 aromatic heterocycles. The molecule has 0 fully saturated rings. The van der Waals surface area contributed by atoms with E-state index in [1.165, 1.54) is 0 Å². The molecule has 0 aliphatic heterocycles. The highest BCUT2D eigenvalue weighted by Gasteiger charge is 2.33. The summed E-state index contributed by atoms with van der Waals surface area (Å²) in [7, 11) is 0. The number of aromatic carboxylic acids is 1. The lowest BCUT2D eigenvalue weighted by Crippen LogP contribution is -2.14. The molecule has 104 valence electrons. The van der Waals surface area contributed by atoms with Crippen LogP contribution >= 0.6 is 0 Å². The molecule has 0 bridgehead atoms. The molecule has 0 saturated carbocycles. The Labute approximate surface area is 108 Å². The van der Waals surface area contributed by atoms with Gasteiger partial charge in [-0.15, -0.1) is 0 Å². The van der Waals surface area contributed by atoms with Gasteiger partial charge in [0.25, 0.3) is 0 Å². The Bertz CT molecular complexity index is 506. The van der Waals surface area contributed by atoms with Crippen LogP contribution < -0.4 is 5.32 Å². The second-order valence-corrected chi connectivity index (χ2v) is 4.06. The molecule has 7 heteroatoms. The van der Waals surface area contributed by atoms with Crippen LogP contribution in [0.4, 0.5) is 19.0 Å². The van der Waals surface area contributed by atoms with Crippen LogP contribution in [0.1, 0.15) is 29.9 Å². The molecule has 0 radical (unpaired) electrons. The summed E-state index contributed by atoms with van der Waals surface area (Å²) < 4.78 is 37.5. The number of allylic oxidation sites excluding steroid dienone is 1. The first-order valence-electron chi connectivity index (χ1n) is 5.40. The summed E-state index contributed by atoms with van der Waals surface area (Å²) >= 11 is 0. The van der Waals surface area contributed by atoms with Crippen LogP contribution in [0, 0.1) is 0 Å². The van der Waals surface area contributed by atoms with Gasteiger partial charge in [-0.2, -0.15) is 13.2 Å². The molecule has 2 N–H and O–H groups in total. The number of carboxylic acid groups (broad SMARTS) is 1. The van der Waals surface area contributed by atoms with E-state index in [2.05, 4.69) is 10.3 Å². The topological polar surface area (TPSA) is 62.2 Å². The third kappa shape index (κ3) is 4.27. The van der Waals surface area contributed by atoms with E-state index in [1.807, 2.05) is 13.8 Å². The molecule has 1 rings (SSSR count). The highest BCUT2D eigenvalue weighted by atomic mass is 19.4. The van der Waals surface area contributed by atoms with Crippen molar-refractivity contribution in [1.82, 2.24) is 4.98 Å². The van der Waals surface area contributed by atoms with Gasteiger partial charge in [0.2, 0.25) is 0 Å². The summed E-state index contributed by atoms with van der Waals surface area (Å²) in [6.45, 7) is 3.84. The van der Waals surface area contributed by atoms with Crippen LogP contribution in [0.5, 0.6) is 0 Å². The van der Waals surface area contributed by atoms with Gasteiger partial charge in [0.15, 0.2) is 0 Å². The summed E-state index contributed by atoms with van der Waals surface area (Å²) in [5, 5.41) is 11.5. The van der Waals surface area contributed by atoms with Gasteiger partial charge >= 0.3 is 12.1 Å². The van der Waals surface area contributed by atoms with Gasteiger partial charge < -0.3 is 10.4 Å². The fraction of sp³-hybridized carbons (Fsp3) is 0.333. The minimum absolute atomic E-state index is 0.205. The first kappa shape index (κ1) is 15.0. The molecule has 19 heavy (non-hydrogen) atoms. The molecule has 1 aromatic rings. The van der Waals surface area contributed by atoms with Crippen molar-refractivity contribution in [2.75, 3.05) is 11.9 Å². The van der Waals surface area contributed by atoms with Crippen molar-refractivity contribution in [2.24, 2.45) is 0 Å². The molecular formula is C12H13F3N2O2. The molecule has 1 heterocycles. The Kier molecular flexibility index (Phi) is 4.52. The number of pyridine rings is 1. The van der Waals surface area contributed by atoms with Crippen molar-refractivity contribution >= 4 is 11.8 Å². The number of anilines is 1. The Morgan fingerprint density at radius 2 is 2.05 bits per heavy atom. The second-order valence-electron chi connectivity index (χ2n) is 4.06. The molecule has 0 atom stereocenters. The third-order valence-electron chi connectivity index (χ3n) is 2.20. The van der Waals surface area contributed by atoms with E-state index in [1.54, 1.807) is 6.08 Å². The number of halogens is 3. The Balaban J connectivity index is 3.09. The predicted molar refractivity (Wildman–Crippen MR) is 64.1 cm³/mol. The first-order chi connectivity index (χ1) is 8.71. The van der Waals surface area contributed by atoms with E-state index >= 15 is 0 Å². The number of rotatable bonds is 4. The van der Waals surface area contributed by atoms with E-state index in [0.29, 0.717) is 6.07 Å². The number of aromatic nitrogens is 1. The summed E-state index contributed by atoms with van der Waals surface area (Å²) in [4.78, 5) is 14.2. The van der Waals surface area contributed by atoms with Crippen molar-refractivity contribution < 1.29 is 23.1 Å². The summed E-state index contributed by atoms with van der Waals surface area (Å²) in [6, 6.07) is 1.54. The third-order valence-corrected chi connectivity index (χ3v) is 2.20. The summed E-state index contributed by atoms with van der Waals surface area (Å²) in [5.41, 5.74) is -0.469. The zero-order valence-electron chi connectivity index (χ0n) is 10.4. The highest BCUT2D eigenvalue weighted by Crippen LogP contribution is 2.29. The minimum Gasteiger partial charge on any atom is -0.478 e. The maximum absolute atomic E-state index is 12.5. The largest absolute Gasteiger partial charge is 0.478 e. The quantitative estimate of drug-likeness (QED) is 0.828. The van der Waals surface area contributed by atoms with E-state index in [0.717, 1.165) is 11.6 Å². The lowest BCUT2D eigenvalue weighted by atomic mass is 10.2. The molecule has 4 nitrogen and oxygen atoms in total. The number of carboxylic acids is 1. The maximum Gasteiger partial charge on any atom is 0.433 e. The number of alkyl halides is 3. The molecule has 0 amide bonds. The van der Waals surface area contributed by atoms with Crippen LogP contribution in [0.15, 0.2) is 23.8 Å².